The number of carbonyl (C=O) groups is 2. The Morgan fingerprint density at radius 3 is 2.62 bits per heavy atom. The summed E-state index contributed by atoms with van der Waals surface area (Å²) in [7, 11) is 1.53. The van der Waals surface area contributed by atoms with Gasteiger partial charge in [-0.05, 0) is 12.5 Å². The fraction of sp³-hybridized carbons (Fsp3) is 0.375. The molecule has 21 heavy (non-hydrogen) atoms. The predicted octanol–water partition coefficient (Wildman–Crippen LogP) is 1.91. The number of alkyl carbamates (subject to hydrolysis) is 1. The summed E-state index contributed by atoms with van der Waals surface area (Å²) in [6.07, 6.45) is -0.548. The molecule has 0 heterocycles. The molecule has 0 bridgehead atoms. The number of nitrogens with one attached hydrogen (secondary N) is 1. The molecule has 1 N–H and O–H groups in total. The van der Waals surface area contributed by atoms with Gasteiger partial charge in [0.25, 0.3) is 0 Å². The fourth-order valence-electron chi connectivity index (χ4n) is 1.45. The van der Waals surface area contributed by atoms with E-state index in [-0.39, 0.29) is 25.4 Å². The number of carbonyl (C=O) groups excluding carboxylic acids is 2. The van der Waals surface area contributed by atoms with Gasteiger partial charge in [-0.2, -0.15) is 0 Å². The quantitative estimate of drug-likeness (QED) is 0.813. The predicted molar refractivity (Wildman–Crippen MR) is 78.5 cm³/mol. The molecule has 112 valence electrons. The first-order valence-electron chi connectivity index (χ1n) is 6.58. The van der Waals surface area contributed by atoms with Gasteiger partial charge in [0, 0.05) is 7.11 Å². The van der Waals surface area contributed by atoms with Crippen LogP contribution in [0, 0.1) is 11.8 Å². The first-order valence-corrected chi connectivity index (χ1v) is 6.58. The molecule has 1 atom stereocenters. The second-order valence-corrected chi connectivity index (χ2v) is 4.36. The van der Waals surface area contributed by atoms with Crippen LogP contribution in [0.4, 0.5) is 4.79 Å². The van der Waals surface area contributed by atoms with Crippen LogP contribution in [-0.4, -0.2) is 31.6 Å². The zero-order valence-corrected chi connectivity index (χ0v) is 12.2. The maximum Gasteiger partial charge on any atom is 0.408 e. The molecule has 0 aliphatic heterocycles. The van der Waals surface area contributed by atoms with Gasteiger partial charge in [0.05, 0.1) is 12.5 Å². The SMILES string of the molecule is COCC#CCC(=O)C(C)NC(=O)OCc1ccccc1. The molecular formula is C16H19NO4. The normalized spacial score (nSPS) is 11.0. The largest absolute Gasteiger partial charge is 0.445 e. The monoisotopic (exact) mass is 289 g/mol. The van der Waals surface area contributed by atoms with Gasteiger partial charge in [-0.25, -0.2) is 4.79 Å². The van der Waals surface area contributed by atoms with Gasteiger partial charge in [-0.3, -0.25) is 4.79 Å². The van der Waals surface area contributed by atoms with Crippen LogP contribution in [0.3, 0.4) is 0 Å². The summed E-state index contributed by atoms with van der Waals surface area (Å²) in [5, 5.41) is 2.48. The van der Waals surface area contributed by atoms with E-state index in [1.54, 1.807) is 6.92 Å². The molecule has 0 radical (unpaired) electrons. The molecule has 0 aromatic heterocycles. The van der Waals surface area contributed by atoms with E-state index >= 15 is 0 Å². The molecule has 5 heteroatoms. The zero-order valence-electron chi connectivity index (χ0n) is 12.2. The Morgan fingerprint density at radius 1 is 1.24 bits per heavy atom. The number of hydrogen-bond acceptors (Lipinski definition) is 4. The number of ether oxygens (including phenoxy) is 2. The topological polar surface area (TPSA) is 64.6 Å². The first-order chi connectivity index (χ1) is 10.1. The van der Waals surface area contributed by atoms with Crippen LogP contribution in [0.5, 0.6) is 0 Å². The van der Waals surface area contributed by atoms with Crippen LogP contribution in [0.1, 0.15) is 18.9 Å². The highest BCUT2D eigenvalue weighted by molar-refractivity contribution is 5.88. The number of Topliss-reactive ketones (excluding diaryl/α,β-unsaturated/α-hetero) is 1. The molecular weight excluding hydrogens is 270 g/mol. The van der Waals surface area contributed by atoms with Crippen LogP contribution < -0.4 is 5.32 Å². The minimum atomic E-state index is -0.634. The van der Waals surface area contributed by atoms with Gasteiger partial charge >= 0.3 is 6.09 Å². The molecule has 1 rings (SSSR count). The third-order valence-corrected chi connectivity index (χ3v) is 2.63. The smallest absolute Gasteiger partial charge is 0.408 e. The molecule has 1 unspecified atom stereocenters. The van der Waals surface area contributed by atoms with Gasteiger partial charge in [0.1, 0.15) is 13.2 Å². The summed E-state index contributed by atoms with van der Waals surface area (Å²) in [6, 6.07) is 8.68. The standard InChI is InChI=1S/C16H19NO4/c1-13(15(18)10-6-7-11-20-2)17-16(19)21-12-14-8-4-3-5-9-14/h3-5,8-9,13H,10-12H2,1-2H3,(H,17,19). The summed E-state index contributed by atoms with van der Waals surface area (Å²) in [6.45, 7) is 2.06. The Labute approximate surface area is 124 Å². The highest BCUT2D eigenvalue weighted by atomic mass is 16.5. The summed E-state index contributed by atoms with van der Waals surface area (Å²) >= 11 is 0. The number of methoxy groups -OCH3 is 1. The van der Waals surface area contributed by atoms with Crippen molar-refractivity contribution in [2.45, 2.75) is 26.0 Å². The third kappa shape index (κ3) is 7.14. The second kappa shape index (κ2) is 9.56. The molecule has 0 saturated carbocycles. The highest BCUT2D eigenvalue weighted by Gasteiger charge is 2.15. The van der Waals surface area contributed by atoms with E-state index in [0.717, 1.165) is 5.56 Å². The van der Waals surface area contributed by atoms with Crippen molar-refractivity contribution >= 4 is 11.9 Å². The van der Waals surface area contributed by atoms with Gasteiger partial charge < -0.3 is 14.8 Å². The summed E-state index contributed by atoms with van der Waals surface area (Å²) in [5.41, 5.74) is 0.886. The average Bonchev–Trinajstić information content (AvgIpc) is 2.50. The number of hydrogen-bond donors (Lipinski definition) is 1. The lowest BCUT2D eigenvalue weighted by atomic mass is 10.1. The Morgan fingerprint density at radius 2 is 1.95 bits per heavy atom. The van der Waals surface area contributed by atoms with E-state index in [1.807, 2.05) is 30.3 Å². The summed E-state index contributed by atoms with van der Waals surface area (Å²) in [4.78, 5) is 23.3. The van der Waals surface area contributed by atoms with Crippen LogP contribution in [0.2, 0.25) is 0 Å². The van der Waals surface area contributed by atoms with Gasteiger partial charge in [0.15, 0.2) is 5.78 Å². The Kier molecular flexibility index (Phi) is 7.62. The summed E-state index contributed by atoms with van der Waals surface area (Å²) < 4.78 is 9.78. The maximum absolute atomic E-state index is 11.7. The van der Waals surface area contributed by atoms with Crippen molar-refractivity contribution in [3.8, 4) is 11.8 Å². The molecule has 1 amide bonds. The van der Waals surface area contributed by atoms with Crippen LogP contribution in [0.15, 0.2) is 30.3 Å². The van der Waals surface area contributed by atoms with Gasteiger partial charge in [-0.15, -0.1) is 0 Å². The molecule has 0 spiro atoms. The third-order valence-electron chi connectivity index (χ3n) is 2.63. The summed E-state index contributed by atoms with van der Waals surface area (Å²) in [5.74, 6) is 5.19. The van der Waals surface area contributed by atoms with E-state index in [2.05, 4.69) is 17.2 Å². The number of rotatable bonds is 6. The lowest BCUT2D eigenvalue weighted by Crippen LogP contribution is -2.38. The van der Waals surface area contributed by atoms with Crippen LogP contribution in [0.25, 0.3) is 0 Å². The molecule has 0 saturated heterocycles. The zero-order chi connectivity index (χ0) is 15.5. The average molecular weight is 289 g/mol. The van der Waals surface area contributed by atoms with E-state index in [4.69, 9.17) is 9.47 Å². The molecule has 0 aliphatic carbocycles. The molecule has 1 aromatic rings. The van der Waals surface area contributed by atoms with Crippen molar-refractivity contribution in [2.75, 3.05) is 13.7 Å². The fourth-order valence-corrected chi connectivity index (χ4v) is 1.45. The minimum absolute atomic E-state index is 0.0729. The van der Waals surface area contributed by atoms with E-state index in [0.29, 0.717) is 0 Å². The molecule has 1 aromatic carbocycles. The maximum atomic E-state index is 11.7. The van der Waals surface area contributed by atoms with Crippen LogP contribution >= 0.6 is 0 Å². The second-order valence-electron chi connectivity index (χ2n) is 4.36. The van der Waals surface area contributed by atoms with Gasteiger partial charge in [0.2, 0.25) is 0 Å². The number of benzene rings is 1. The van der Waals surface area contributed by atoms with Crippen molar-refractivity contribution in [1.29, 1.82) is 0 Å². The van der Waals surface area contributed by atoms with Crippen molar-refractivity contribution in [1.82, 2.24) is 5.32 Å². The van der Waals surface area contributed by atoms with E-state index in [1.165, 1.54) is 7.11 Å². The van der Waals surface area contributed by atoms with Crippen molar-refractivity contribution in [3.05, 3.63) is 35.9 Å². The lowest BCUT2D eigenvalue weighted by molar-refractivity contribution is -0.119. The minimum Gasteiger partial charge on any atom is -0.445 e. The van der Waals surface area contributed by atoms with E-state index < -0.39 is 12.1 Å². The Balaban J connectivity index is 2.30. The molecule has 0 fully saturated rings. The van der Waals surface area contributed by atoms with Crippen molar-refractivity contribution < 1.29 is 19.1 Å². The Hall–Kier alpha value is -2.32. The van der Waals surface area contributed by atoms with Crippen molar-refractivity contribution in [2.24, 2.45) is 0 Å². The number of amides is 1. The molecule has 0 aliphatic rings. The molecule has 5 nitrogen and oxygen atoms in total. The number of ketones is 1. The Bertz CT molecular complexity index is 516. The van der Waals surface area contributed by atoms with Gasteiger partial charge in [-0.1, -0.05) is 42.2 Å². The van der Waals surface area contributed by atoms with E-state index in [9.17, 15) is 9.59 Å². The first kappa shape index (κ1) is 16.7. The van der Waals surface area contributed by atoms with Crippen LogP contribution in [-0.2, 0) is 20.9 Å². The lowest BCUT2D eigenvalue weighted by Gasteiger charge is -2.11. The highest BCUT2D eigenvalue weighted by Crippen LogP contribution is 2.01. The van der Waals surface area contributed by atoms with Crippen molar-refractivity contribution in [3.63, 3.8) is 0 Å².